The van der Waals surface area contributed by atoms with Crippen LogP contribution in [0.1, 0.15) is 11.1 Å². The fourth-order valence-corrected chi connectivity index (χ4v) is 7.16. The molecule has 0 N–H and O–H groups in total. The second-order valence-corrected chi connectivity index (χ2v) is 14.0. The minimum Gasteiger partial charge on any atom is -0.166 e. The topological polar surface area (TPSA) is 0 Å². The first-order valence-corrected chi connectivity index (χ1v) is 17.7. The Morgan fingerprint density at radius 1 is 0.288 bits per heavy atom. The van der Waals surface area contributed by atoms with Gasteiger partial charge in [0.2, 0.25) is 0 Å². The molecule has 7 aromatic carbocycles. The lowest BCUT2D eigenvalue weighted by Gasteiger charge is -2.29. The molecule has 0 fully saturated rings. The van der Waals surface area contributed by atoms with Crippen LogP contribution in [0, 0.1) is 0 Å². The summed E-state index contributed by atoms with van der Waals surface area (Å²) >= 11 is 7.04. The van der Waals surface area contributed by atoms with Crippen molar-refractivity contribution in [3.05, 3.63) is 178 Å². The van der Waals surface area contributed by atoms with E-state index >= 15 is 0 Å². The second-order valence-electron chi connectivity index (χ2n) is 12.2. The van der Waals surface area contributed by atoms with Crippen molar-refractivity contribution in [2.24, 2.45) is 0 Å². The molecule has 0 radical (unpaired) electrons. The van der Waals surface area contributed by atoms with Crippen molar-refractivity contribution in [3.8, 4) is 66.8 Å². The van der Waals surface area contributed by atoms with Gasteiger partial charge in [0.1, 0.15) is 0 Å². The van der Waals surface area contributed by atoms with E-state index in [1.165, 1.54) is 12.1 Å². The largest absolute Gasteiger partial charge is 0.416 e. The Morgan fingerprint density at radius 2 is 0.558 bits per heavy atom. The molecule has 0 atom stereocenters. The maximum atomic E-state index is 14.4. The number of halogens is 8. The molecule has 0 heterocycles. The van der Waals surface area contributed by atoms with E-state index in [1.807, 2.05) is 109 Å². The van der Waals surface area contributed by atoms with Gasteiger partial charge in [-0.1, -0.05) is 141 Å². The zero-order valence-electron chi connectivity index (χ0n) is 27.0. The van der Waals surface area contributed by atoms with Crippen LogP contribution in [0.15, 0.2) is 167 Å². The predicted octanol–water partition coefficient (Wildman–Crippen LogP) is 15.3. The summed E-state index contributed by atoms with van der Waals surface area (Å²) in [5.41, 5.74) is 4.87. The van der Waals surface area contributed by atoms with Gasteiger partial charge in [0.05, 0.1) is 11.1 Å². The minimum atomic E-state index is -4.68. The highest BCUT2D eigenvalue weighted by molar-refractivity contribution is 9.10. The Kier molecular flexibility index (Phi) is 9.72. The van der Waals surface area contributed by atoms with Gasteiger partial charge >= 0.3 is 12.4 Å². The van der Waals surface area contributed by atoms with Crippen LogP contribution in [-0.4, -0.2) is 0 Å². The molecule has 7 rings (SSSR count). The van der Waals surface area contributed by atoms with E-state index in [2.05, 4.69) is 31.9 Å². The lowest BCUT2D eigenvalue weighted by Crippen LogP contribution is -2.07. The highest BCUT2D eigenvalue weighted by Gasteiger charge is 2.35. The second kappa shape index (κ2) is 14.2. The normalized spacial score (nSPS) is 11.8. The quantitative estimate of drug-likeness (QED) is 0.147. The van der Waals surface area contributed by atoms with E-state index in [0.29, 0.717) is 33.4 Å². The summed E-state index contributed by atoms with van der Waals surface area (Å²) in [5.74, 6) is 0. The van der Waals surface area contributed by atoms with Crippen LogP contribution in [0.3, 0.4) is 0 Å². The van der Waals surface area contributed by atoms with Crippen molar-refractivity contribution < 1.29 is 26.3 Å². The SMILES string of the molecule is FC(F)(F)c1cccc(-c2c(-c3ccc(Br)cc3)c(-c3ccccc3)c(-c3ccccc3)c(-c3ccc(Br)cc3)c2-c2cccc(C(F)(F)F)c2)c1. The zero-order valence-corrected chi connectivity index (χ0v) is 30.2. The fourth-order valence-electron chi connectivity index (χ4n) is 6.63. The van der Waals surface area contributed by atoms with Crippen molar-refractivity contribution in [2.75, 3.05) is 0 Å². The summed E-state index contributed by atoms with van der Waals surface area (Å²) in [4.78, 5) is 0. The monoisotopic (exact) mass is 826 g/mol. The predicted molar refractivity (Wildman–Crippen MR) is 204 cm³/mol. The third-order valence-corrected chi connectivity index (χ3v) is 9.91. The van der Waals surface area contributed by atoms with Gasteiger partial charge in [-0.25, -0.2) is 0 Å². The summed E-state index contributed by atoms with van der Waals surface area (Å²) in [6.07, 6.45) is -9.35. The maximum Gasteiger partial charge on any atom is 0.416 e. The molecule has 0 spiro atoms. The lowest BCUT2D eigenvalue weighted by molar-refractivity contribution is -0.138. The van der Waals surface area contributed by atoms with Gasteiger partial charge in [-0.2, -0.15) is 26.3 Å². The highest BCUT2D eigenvalue weighted by atomic mass is 79.9. The Balaban J connectivity index is 1.82. The summed E-state index contributed by atoms with van der Waals surface area (Å²) in [6.45, 7) is 0. The van der Waals surface area contributed by atoms with E-state index in [4.69, 9.17) is 0 Å². The summed E-state index contributed by atoms with van der Waals surface area (Å²) in [7, 11) is 0. The minimum absolute atomic E-state index is 0.204. The van der Waals surface area contributed by atoms with Gasteiger partial charge in [0.25, 0.3) is 0 Å². The first-order chi connectivity index (χ1) is 24.9. The third-order valence-electron chi connectivity index (χ3n) is 8.85. The lowest BCUT2D eigenvalue weighted by atomic mass is 9.74. The maximum absolute atomic E-state index is 14.4. The molecule has 0 saturated carbocycles. The van der Waals surface area contributed by atoms with E-state index < -0.39 is 23.5 Å². The van der Waals surface area contributed by atoms with Crippen molar-refractivity contribution in [2.45, 2.75) is 12.4 Å². The molecular formula is C44H26Br2F6. The molecule has 0 amide bonds. The van der Waals surface area contributed by atoms with Crippen molar-refractivity contribution in [1.29, 1.82) is 0 Å². The molecule has 7 aromatic rings. The summed E-state index contributed by atoms with van der Waals surface area (Å²) < 4.78 is 88.2. The molecule has 52 heavy (non-hydrogen) atoms. The van der Waals surface area contributed by atoms with Crippen LogP contribution < -0.4 is 0 Å². The Bertz CT molecular complexity index is 2190. The number of alkyl halides is 6. The van der Waals surface area contributed by atoms with Crippen LogP contribution in [0.25, 0.3) is 66.8 Å². The standard InChI is InChI=1S/C44H26Br2F6/c45-35-21-17-29(18-22-35)39-37(27-9-3-1-4-10-27)38(28-11-5-2-6-12-28)40(30-19-23-36(46)24-20-30)42(32-14-8-16-34(26-32)44(50,51)52)41(39)31-13-7-15-33(25-31)43(47,48)49/h1-26H. The van der Waals surface area contributed by atoms with Gasteiger partial charge in [-0.3, -0.25) is 0 Å². The van der Waals surface area contributed by atoms with E-state index in [1.54, 1.807) is 12.1 Å². The number of benzene rings is 7. The summed E-state index contributed by atoms with van der Waals surface area (Å²) in [5, 5.41) is 0. The fraction of sp³-hybridized carbons (Fsp3) is 0.0455. The van der Waals surface area contributed by atoms with Crippen LogP contribution in [-0.2, 0) is 12.4 Å². The van der Waals surface area contributed by atoms with Crippen molar-refractivity contribution in [1.82, 2.24) is 0 Å². The Labute approximate surface area is 313 Å². The zero-order chi connectivity index (χ0) is 36.6. The van der Waals surface area contributed by atoms with Gasteiger partial charge < -0.3 is 0 Å². The van der Waals surface area contributed by atoms with Gasteiger partial charge in [0, 0.05) is 8.95 Å². The number of hydrogen-bond acceptors (Lipinski definition) is 0. The van der Waals surface area contributed by atoms with Gasteiger partial charge in [-0.15, -0.1) is 0 Å². The van der Waals surface area contributed by atoms with E-state index in [0.717, 1.165) is 55.5 Å². The first kappa shape index (κ1) is 35.5. The molecule has 0 bridgehead atoms. The Hall–Kier alpha value is -4.92. The molecule has 8 heteroatoms. The van der Waals surface area contributed by atoms with Crippen LogP contribution >= 0.6 is 31.9 Å². The van der Waals surface area contributed by atoms with E-state index in [9.17, 15) is 26.3 Å². The average molecular weight is 828 g/mol. The first-order valence-electron chi connectivity index (χ1n) is 16.1. The molecule has 258 valence electrons. The number of hydrogen-bond donors (Lipinski definition) is 0. The molecule has 0 aliphatic rings. The smallest absolute Gasteiger partial charge is 0.166 e. The van der Waals surface area contributed by atoms with Gasteiger partial charge in [-0.05, 0) is 115 Å². The van der Waals surface area contributed by atoms with Crippen LogP contribution in [0.4, 0.5) is 26.3 Å². The molecule has 0 aromatic heterocycles. The van der Waals surface area contributed by atoms with Crippen LogP contribution in [0.5, 0.6) is 0 Å². The molecule has 0 saturated heterocycles. The molecule has 0 unspecified atom stereocenters. The average Bonchev–Trinajstić information content (AvgIpc) is 3.14. The Morgan fingerprint density at radius 3 is 0.865 bits per heavy atom. The molecule has 0 nitrogen and oxygen atoms in total. The molecular weight excluding hydrogens is 802 g/mol. The third kappa shape index (κ3) is 7.10. The van der Waals surface area contributed by atoms with Crippen molar-refractivity contribution in [3.63, 3.8) is 0 Å². The van der Waals surface area contributed by atoms with Gasteiger partial charge in [0.15, 0.2) is 0 Å². The molecule has 0 aliphatic heterocycles. The number of rotatable bonds is 6. The van der Waals surface area contributed by atoms with Crippen LogP contribution in [0.2, 0.25) is 0 Å². The molecule has 0 aliphatic carbocycles. The van der Waals surface area contributed by atoms with Crippen molar-refractivity contribution >= 4 is 31.9 Å². The summed E-state index contributed by atoms with van der Waals surface area (Å²) in [6, 6.07) is 43.9. The highest BCUT2D eigenvalue weighted by Crippen LogP contribution is 2.56. The van der Waals surface area contributed by atoms with E-state index in [-0.39, 0.29) is 11.1 Å².